The molecule has 5 rings (SSSR count). The molecule has 0 saturated carbocycles. The van der Waals surface area contributed by atoms with E-state index in [2.05, 4.69) is 20.8 Å². The highest BCUT2D eigenvalue weighted by Gasteiger charge is 2.24. The van der Waals surface area contributed by atoms with Crippen molar-refractivity contribution in [3.05, 3.63) is 35.6 Å². The Morgan fingerprint density at radius 1 is 1.28 bits per heavy atom. The second-order valence-corrected chi connectivity index (χ2v) is 7.54. The van der Waals surface area contributed by atoms with Crippen molar-refractivity contribution in [3.63, 3.8) is 0 Å². The summed E-state index contributed by atoms with van der Waals surface area (Å²) in [6, 6.07) is 5.16. The van der Waals surface area contributed by atoms with E-state index in [1.807, 2.05) is 25.4 Å². The Kier molecular flexibility index (Phi) is 4.31. The Balaban J connectivity index is 1.69. The molecule has 0 bridgehead atoms. The fourth-order valence-corrected chi connectivity index (χ4v) is 3.80. The maximum absolute atomic E-state index is 12.4. The molecule has 1 aromatic carbocycles. The molecule has 1 fully saturated rings. The van der Waals surface area contributed by atoms with E-state index < -0.39 is 0 Å². The molecule has 4 heterocycles. The molecule has 9 nitrogen and oxygen atoms in total. The van der Waals surface area contributed by atoms with E-state index in [4.69, 9.17) is 21.6 Å². The summed E-state index contributed by atoms with van der Waals surface area (Å²) in [5, 5.41) is 16.3. The van der Waals surface area contributed by atoms with Gasteiger partial charge in [-0.2, -0.15) is 9.61 Å². The number of rotatable bonds is 3. The van der Waals surface area contributed by atoms with Crippen LogP contribution in [0.4, 0.5) is 5.95 Å². The van der Waals surface area contributed by atoms with Gasteiger partial charge in [0.1, 0.15) is 6.04 Å². The number of carbonyl (C=O) groups excluding carboxylic acids is 1. The van der Waals surface area contributed by atoms with E-state index in [1.165, 1.54) is 0 Å². The van der Waals surface area contributed by atoms with Gasteiger partial charge < -0.3 is 10.6 Å². The van der Waals surface area contributed by atoms with Crippen LogP contribution in [0.25, 0.3) is 27.9 Å². The van der Waals surface area contributed by atoms with Crippen molar-refractivity contribution in [1.29, 1.82) is 0 Å². The first-order chi connectivity index (χ1) is 14.1. The number of fused-ring (bicyclic) bond motifs is 3. The summed E-state index contributed by atoms with van der Waals surface area (Å²) < 4.78 is 3.34. The van der Waals surface area contributed by atoms with Crippen LogP contribution in [0.5, 0.6) is 0 Å². The van der Waals surface area contributed by atoms with Crippen LogP contribution in [0, 0.1) is 0 Å². The van der Waals surface area contributed by atoms with Gasteiger partial charge in [-0.15, -0.1) is 5.10 Å². The summed E-state index contributed by atoms with van der Waals surface area (Å²) in [6.07, 6.45) is 6.20. The Bertz CT molecular complexity index is 1230. The molecule has 1 saturated heterocycles. The highest BCUT2D eigenvalue weighted by atomic mass is 35.5. The minimum atomic E-state index is -0.390. The molecule has 1 atom stereocenters. The maximum atomic E-state index is 12.4. The van der Waals surface area contributed by atoms with Crippen molar-refractivity contribution >= 4 is 40.0 Å². The molecule has 4 aromatic rings. The lowest BCUT2D eigenvalue weighted by atomic mass is 10.1. The number of aromatic nitrogens is 6. The van der Waals surface area contributed by atoms with Crippen molar-refractivity contribution < 1.29 is 4.79 Å². The van der Waals surface area contributed by atoms with Gasteiger partial charge in [-0.1, -0.05) is 17.7 Å². The van der Waals surface area contributed by atoms with Crippen molar-refractivity contribution in [3.8, 4) is 11.4 Å². The number of hydrogen-bond donors (Lipinski definition) is 2. The van der Waals surface area contributed by atoms with Crippen LogP contribution < -0.4 is 10.6 Å². The SMILES string of the molecule is Cn1cc(-c2nc3c4cccc(Cl)c4nc(N[C@@H]4CCCCNC4=O)n3n2)cn1. The normalized spacial score (nSPS) is 17.4. The summed E-state index contributed by atoms with van der Waals surface area (Å²) in [6.45, 7) is 0.692. The monoisotopic (exact) mass is 410 g/mol. The molecule has 3 aromatic heterocycles. The van der Waals surface area contributed by atoms with Crippen LogP contribution >= 0.6 is 11.6 Å². The van der Waals surface area contributed by atoms with E-state index in [-0.39, 0.29) is 11.9 Å². The molecule has 0 radical (unpaired) electrons. The van der Waals surface area contributed by atoms with Gasteiger partial charge in [0.15, 0.2) is 11.5 Å². The Hall–Kier alpha value is -3.20. The predicted molar refractivity (Wildman–Crippen MR) is 110 cm³/mol. The van der Waals surface area contributed by atoms with Gasteiger partial charge in [-0.3, -0.25) is 9.48 Å². The maximum Gasteiger partial charge on any atom is 0.242 e. The van der Waals surface area contributed by atoms with Gasteiger partial charge in [0.2, 0.25) is 11.9 Å². The number of anilines is 1. The average molecular weight is 411 g/mol. The van der Waals surface area contributed by atoms with E-state index in [9.17, 15) is 4.79 Å². The van der Waals surface area contributed by atoms with Gasteiger partial charge in [0.25, 0.3) is 0 Å². The first-order valence-electron chi connectivity index (χ1n) is 9.48. The largest absolute Gasteiger partial charge is 0.354 e. The highest BCUT2D eigenvalue weighted by molar-refractivity contribution is 6.35. The van der Waals surface area contributed by atoms with Crippen LogP contribution in [0.2, 0.25) is 5.02 Å². The number of hydrogen-bond acceptors (Lipinski definition) is 6. The number of carbonyl (C=O) groups is 1. The lowest BCUT2D eigenvalue weighted by Crippen LogP contribution is -2.38. The van der Waals surface area contributed by atoms with Gasteiger partial charge >= 0.3 is 0 Å². The second kappa shape index (κ2) is 7.00. The summed E-state index contributed by atoms with van der Waals surface area (Å²) in [4.78, 5) is 21.8. The zero-order valence-corrected chi connectivity index (χ0v) is 16.5. The molecular formula is C19H19ClN8O. The highest BCUT2D eigenvalue weighted by Crippen LogP contribution is 2.28. The van der Waals surface area contributed by atoms with Crippen molar-refractivity contribution in [2.75, 3.05) is 11.9 Å². The third-order valence-electron chi connectivity index (χ3n) is 5.05. The zero-order chi connectivity index (χ0) is 20.0. The standard InChI is InChI=1S/C19H19ClN8O/c1-27-10-11(9-22-27)16-25-17-12-5-4-6-13(20)15(12)24-19(28(17)26-16)23-14-7-2-3-8-21-18(14)29/h4-6,9-10,14H,2-3,7-8H2,1H3,(H,21,29)(H,23,24)/t14-/m1/s1. The molecule has 0 aliphatic carbocycles. The van der Waals surface area contributed by atoms with Gasteiger partial charge in [0.05, 0.1) is 22.3 Å². The van der Waals surface area contributed by atoms with Crippen molar-refractivity contribution in [1.82, 2.24) is 34.7 Å². The summed E-state index contributed by atoms with van der Waals surface area (Å²) in [7, 11) is 1.84. The van der Waals surface area contributed by atoms with Crippen LogP contribution in [-0.4, -0.2) is 47.9 Å². The fourth-order valence-electron chi connectivity index (χ4n) is 3.58. The molecule has 10 heteroatoms. The quantitative estimate of drug-likeness (QED) is 0.537. The van der Waals surface area contributed by atoms with Crippen LogP contribution in [0.15, 0.2) is 30.6 Å². The molecule has 1 aliphatic heterocycles. The number of amides is 1. The Morgan fingerprint density at radius 2 is 2.17 bits per heavy atom. The zero-order valence-electron chi connectivity index (χ0n) is 15.8. The second-order valence-electron chi connectivity index (χ2n) is 7.13. The Morgan fingerprint density at radius 3 is 3.00 bits per heavy atom. The topological polar surface area (TPSA) is 102 Å². The molecule has 0 unspecified atom stereocenters. The molecule has 1 aliphatic rings. The smallest absolute Gasteiger partial charge is 0.242 e. The number of benzene rings is 1. The van der Waals surface area contributed by atoms with Crippen LogP contribution in [0.1, 0.15) is 19.3 Å². The van der Waals surface area contributed by atoms with E-state index in [1.54, 1.807) is 21.5 Å². The minimum Gasteiger partial charge on any atom is -0.354 e. The molecule has 148 valence electrons. The molecule has 0 spiro atoms. The molecular weight excluding hydrogens is 392 g/mol. The Labute approximate surface area is 171 Å². The van der Waals surface area contributed by atoms with Crippen molar-refractivity contribution in [2.24, 2.45) is 7.05 Å². The van der Waals surface area contributed by atoms with E-state index in [0.29, 0.717) is 34.5 Å². The third-order valence-corrected chi connectivity index (χ3v) is 5.36. The molecule has 29 heavy (non-hydrogen) atoms. The minimum absolute atomic E-state index is 0.0377. The van der Waals surface area contributed by atoms with E-state index >= 15 is 0 Å². The van der Waals surface area contributed by atoms with Crippen LogP contribution in [0.3, 0.4) is 0 Å². The van der Waals surface area contributed by atoms with Crippen LogP contribution in [-0.2, 0) is 11.8 Å². The number of nitrogens with zero attached hydrogens (tertiary/aromatic N) is 6. The first kappa shape index (κ1) is 17.9. The number of nitrogens with one attached hydrogen (secondary N) is 2. The van der Waals surface area contributed by atoms with Crippen molar-refractivity contribution in [2.45, 2.75) is 25.3 Å². The summed E-state index contributed by atoms with van der Waals surface area (Å²) in [5.74, 6) is 0.926. The lowest BCUT2D eigenvalue weighted by Gasteiger charge is -2.16. The first-order valence-corrected chi connectivity index (χ1v) is 9.86. The fraction of sp³-hybridized carbons (Fsp3) is 0.316. The van der Waals surface area contributed by atoms with Gasteiger partial charge in [-0.25, -0.2) is 9.97 Å². The predicted octanol–water partition coefficient (Wildman–Crippen LogP) is 2.41. The third kappa shape index (κ3) is 3.17. The molecule has 1 amide bonds. The number of para-hydroxylation sites is 1. The number of halogens is 1. The molecule has 2 N–H and O–H groups in total. The van der Waals surface area contributed by atoms with Gasteiger partial charge in [-0.05, 0) is 31.4 Å². The van der Waals surface area contributed by atoms with E-state index in [0.717, 1.165) is 30.2 Å². The average Bonchev–Trinajstić information content (AvgIpc) is 3.29. The summed E-state index contributed by atoms with van der Waals surface area (Å²) in [5.41, 5.74) is 2.03. The number of aryl methyl sites for hydroxylation is 1. The summed E-state index contributed by atoms with van der Waals surface area (Å²) >= 11 is 6.41. The van der Waals surface area contributed by atoms with Gasteiger partial charge in [0, 0.05) is 25.2 Å². The lowest BCUT2D eigenvalue weighted by molar-refractivity contribution is -0.121.